The molecule has 0 fully saturated rings. The third kappa shape index (κ3) is 1.82. The molecule has 0 aliphatic heterocycles. The minimum atomic E-state index is 0.746. The molecule has 0 radical (unpaired) electrons. The quantitative estimate of drug-likeness (QED) is 0.719. The molecular weight excluding hydrogens is 174 g/mol. The molecule has 0 aliphatic rings. The van der Waals surface area contributed by atoms with E-state index in [2.05, 4.69) is 40.8 Å². The van der Waals surface area contributed by atoms with Gasteiger partial charge in [0.25, 0.3) is 0 Å². The Bertz CT molecular complexity index is 398. The van der Waals surface area contributed by atoms with E-state index in [-0.39, 0.29) is 0 Å². The average Bonchev–Trinajstić information content (AvgIpc) is 2.47. The fourth-order valence-electron chi connectivity index (χ4n) is 1.40. The van der Waals surface area contributed by atoms with Crippen LogP contribution in [0.4, 0.5) is 0 Å². The minimum Gasteiger partial charge on any atom is -0.346 e. The van der Waals surface area contributed by atoms with Crippen molar-refractivity contribution in [3.8, 4) is 0 Å². The smallest absolute Gasteiger partial charge is 0.147 e. The fourth-order valence-corrected chi connectivity index (χ4v) is 1.40. The Labute approximate surface area is 83.4 Å². The standard InChI is InChI=1S/C11H13N3/c1-9-6-14(7-10(9)2)8-11-12-4-3-5-13-11/h3-7H,8H2,1-2H3. The monoisotopic (exact) mass is 187 g/mol. The minimum absolute atomic E-state index is 0.746. The van der Waals surface area contributed by atoms with E-state index in [9.17, 15) is 0 Å². The third-order valence-electron chi connectivity index (χ3n) is 2.28. The van der Waals surface area contributed by atoms with Gasteiger partial charge in [0.15, 0.2) is 0 Å². The first-order valence-corrected chi connectivity index (χ1v) is 4.64. The lowest BCUT2D eigenvalue weighted by atomic mass is 10.2. The van der Waals surface area contributed by atoms with Gasteiger partial charge in [0.1, 0.15) is 5.82 Å². The van der Waals surface area contributed by atoms with E-state index in [4.69, 9.17) is 0 Å². The van der Waals surface area contributed by atoms with Crippen LogP contribution in [0.2, 0.25) is 0 Å². The Morgan fingerprint density at radius 1 is 1.07 bits per heavy atom. The zero-order valence-electron chi connectivity index (χ0n) is 8.44. The van der Waals surface area contributed by atoms with Crippen molar-refractivity contribution < 1.29 is 0 Å². The van der Waals surface area contributed by atoms with Gasteiger partial charge in [0, 0.05) is 24.8 Å². The molecule has 3 nitrogen and oxygen atoms in total. The summed E-state index contributed by atoms with van der Waals surface area (Å²) in [6.07, 6.45) is 7.77. The molecule has 0 saturated carbocycles. The van der Waals surface area contributed by atoms with Gasteiger partial charge in [0.05, 0.1) is 6.54 Å². The predicted molar refractivity (Wildman–Crippen MR) is 55.0 cm³/mol. The summed E-state index contributed by atoms with van der Waals surface area (Å²) in [5, 5.41) is 0. The number of aryl methyl sites for hydroxylation is 2. The topological polar surface area (TPSA) is 30.7 Å². The summed E-state index contributed by atoms with van der Waals surface area (Å²) in [6.45, 7) is 4.96. The molecule has 0 amide bonds. The number of hydrogen-bond donors (Lipinski definition) is 0. The van der Waals surface area contributed by atoms with E-state index in [1.165, 1.54) is 11.1 Å². The average molecular weight is 187 g/mol. The molecule has 0 saturated heterocycles. The van der Waals surface area contributed by atoms with Gasteiger partial charge in [-0.3, -0.25) is 0 Å². The van der Waals surface area contributed by atoms with Gasteiger partial charge in [-0.2, -0.15) is 0 Å². The van der Waals surface area contributed by atoms with Gasteiger partial charge >= 0.3 is 0 Å². The van der Waals surface area contributed by atoms with Crippen molar-refractivity contribution >= 4 is 0 Å². The van der Waals surface area contributed by atoms with Crippen molar-refractivity contribution in [3.05, 3.63) is 47.8 Å². The fraction of sp³-hybridized carbons (Fsp3) is 0.273. The van der Waals surface area contributed by atoms with Crippen molar-refractivity contribution in [2.45, 2.75) is 20.4 Å². The second kappa shape index (κ2) is 3.62. The van der Waals surface area contributed by atoms with Gasteiger partial charge in [-0.15, -0.1) is 0 Å². The number of nitrogens with zero attached hydrogens (tertiary/aromatic N) is 3. The molecule has 2 aromatic heterocycles. The zero-order chi connectivity index (χ0) is 9.97. The van der Waals surface area contributed by atoms with Crippen molar-refractivity contribution in [1.82, 2.24) is 14.5 Å². The van der Waals surface area contributed by atoms with Gasteiger partial charge in [-0.25, -0.2) is 9.97 Å². The van der Waals surface area contributed by atoms with Crippen LogP contribution in [-0.4, -0.2) is 14.5 Å². The molecular formula is C11H13N3. The van der Waals surface area contributed by atoms with Crippen LogP contribution < -0.4 is 0 Å². The molecule has 0 unspecified atom stereocenters. The zero-order valence-corrected chi connectivity index (χ0v) is 8.44. The number of hydrogen-bond acceptors (Lipinski definition) is 2. The largest absolute Gasteiger partial charge is 0.346 e. The molecule has 3 heteroatoms. The first kappa shape index (κ1) is 8.94. The molecule has 0 spiro atoms. The van der Waals surface area contributed by atoms with Crippen LogP contribution in [0.3, 0.4) is 0 Å². The third-order valence-corrected chi connectivity index (χ3v) is 2.28. The lowest BCUT2D eigenvalue weighted by molar-refractivity contribution is 0.746. The van der Waals surface area contributed by atoms with E-state index in [0.717, 1.165) is 12.4 Å². The highest BCUT2D eigenvalue weighted by Gasteiger charge is 1.99. The lowest BCUT2D eigenvalue weighted by Crippen LogP contribution is -2.00. The Balaban J connectivity index is 2.19. The summed E-state index contributed by atoms with van der Waals surface area (Å²) in [6, 6.07) is 1.83. The molecule has 2 heterocycles. The van der Waals surface area contributed by atoms with Gasteiger partial charge < -0.3 is 4.57 Å². The maximum atomic E-state index is 4.18. The van der Waals surface area contributed by atoms with Crippen LogP contribution in [0, 0.1) is 13.8 Å². The molecule has 72 valence electrons. The van der Waals surface area contributed by atoms with E-state index in [1.807, 2.05) is 6.07 Å². The van der Waals surface area contributed by atoms with Gasteiger partial charge in [-0.1, -0.05) is 0 Å². The second-order valence-corrected chi connectivity index (χ2v) is 3.46. The first-order chi connectivity index (χ1) is 6.75. The first-order valence-electron chi connectivity index (χ1n) is 4.64. The van der Waals surface area contributed by atoms with Crippen LogP contribution in [0.1, 0.15) is 17.0 Å². The van der Waals surface area contributed by atoms with E-state index in [1.54, 1.807) is 12.4 Å². The second-order valence-electron chi connectivity index (χ2n) is 3.46. The molecule has 0 aromatic carbocycles. The van der Waals surface area contributed by atoms with Gasteiger partial charge in [0.2, 0.25) is 0 Å². The Kier molecular flexibility index (Phi) is 2.31. The van der Waals surface area contributed by atoms with Crippen LogP contribution in [0.5, 0.6) is 0 Å². The van der Waals surface area contributed by atoms with E-state index in [0.29, 0.717) is 0 Å². The van der Waals surface area contributed by atoms with E-state index < -0.39 is 0 Å². The molecule has 14 heavy (non-hydrogen) atoms. The van der Waals surface area contributed by atoms with Crippen LogP contribution >= 0.6 is 0 Å². The van der Waals surface area contributed by atoms with Crippen molar-refractivity contribution in [2.75, 3.05) is 0 Å². The summed E-state index contributed by atoms with van der Waals surface area (Å²) < 4.78 is 2.11. The summed E-state index contributed by atoms with van der Waals surface area (Å²) >= 11 is 0. The van der Waals surface area contributed by atoms with E-state index >= 15 is 0 Å². The molecule has 0 bridgehead atoms. The Morgan fingerprint density at radius 2 is 1.64 bits per heavy atom. The predicted octanol–water partition coefficient (Wildman–Crippen LogP) is 1.94. The summed E-state index contributed by atoms with van der Waals surface area (Å²) in [5.41, 5.74) is 2.61. The van der Waals surface area contributed by atoms with Crippen LogP contribution in [0.25, 0.3) is 0 Å². The normalized spacial score (nSPS) is 10.4. The number of rotatable bonds is 2. The highest BCUT2D eigenvalue weighted by Crippen LogP contribution is 2.08. The molecule has 0 atom stereocenters. The number of aromatic nitrogens is 3. The van der Waals surface area contributed by atoms with Crippen molar-refractivity contribution in [1.29, 1.82) is 0 Å². The van der Waals surface area contributed by atoms with Crippen LogP contribution in [0.15, 0.2) is 30.9 Å². The molecule has 0 aliphatic carbocycles. The SMILES string of the molecule is Cc1cn(Cc2ncccn2)cc1C. The summed E-state index contributed by atoms with van der Waals surface area (Å²) in [4.78, 5) is 8.36. The van der Waals surface area contributed by atoms with Crippen molar-refractivity contribution in [3.63, 3.8) is 0 Å². The van der Waals surface area contributed by atoms with Gasteiger partial charge in [-0.05, 0) is 31.0 Å². The lowest BCUT2D eigenvalue weighted by Gasteiger charge is -1.99. The van der Waals surface area contributed by atoms with Crippen molar-refractivity contribution in [2.24, 2.45) is 0 Å². The maximum absolute atomic E-state index is 4.18. The van der Waals surface area contributed by atoms with Crippen LogP contribution in [-0.2, 0) is 6.54 Å². The molecule has 2 aromatic rings. The summed E-state index contributed by atoms with van der Waals surface area (Å²) in [5.74, 6) is 0.850. The Morgan fingerprint density at radius 3 is 2.21 bits per heavy atom. The maximum Gasteiger partial charge on any atom is 0.147 e. The molecule has 2 rings (SSSR count). The highest BCUT2D eigenvalue weighted by atomic mass is 15.0. The Hall–Kier alpha value is -1.64. The highest BCUT2D eigenvalue weighted by molar-refractivity contribution is 5.21. The summed E-state index contributed by atoms with van der Waals surface area (Å²) in [7, 11) is 0. The molecule has 0 N–H and O–H groups in total.